The van der Waals surface area contributed by atoms with E-state index in [0.717, 1.165) is 26.2 Å². The molecule has 1 fully saturated rings. The Morgan fingerprint density at radius 2 is 2.08 bits per heavy atom. The van der Waals surface area contributed by atoms with Crippen LogP contribution in [0, 0.1) is 0 Å². The first-order valence-electron chi connectivity index (χ1n) is 4.19. The van der Waals surface area contributed by atoms with Crippen LogP contribution in [-0.2, 0) is 0 Å². The highest BCUT2D eigenvalue weighted by Gasteiger charge is 2.15. The largest absolute Gasteiger partial charge is 0.346 e. The summed E-state index contributed by atoms with van der Waals surface area (Å²) in [7, 11) is 2.17. The molecule has 0 aliphatic carbocycles. The normalized spacial score (nSPS) is 19.9. The van der Waals surface area contributed by atoms with E-state index in [4.69, 9.17) is 0 Å². The van der Waals surface area contributed by atoms with Gasteiger partial charge in [0.25, 0.3) is 0 Å². The number of anilines is 1. The second kappa shape index (κ2) is 3.41. The fourth-order valence-electron chi connectivity index (χ4n) is 1.37. The van der Waals surface area contributed by atoms with Crippen molar-refractivity contribution in [2.24, 2.45) is 0 Å². The number of hydrogen-bond acceptors (Lipinski definition) is 4. The lowest BCUT2D eigenvalue weighted by atomic mass is 10.3. The molecular weight excluding hydrogens is 170 g/mol. The Morgan fingerprint density at radius 3 is 2.67 bits per heavy atom. The van der Waals surface area contributed by atoms with E-state index in [-0.39, 0.29) is 0 Å². The van der Waals surface area contributed by atoms with Crippen molar-refractivity contribution < 1.29 is 0 Å². The first-order valence-corrected chi connectivity index (χ1v) is 5.07. The van der Waals surface area contributed by atoms with E-state index < -0.39 is 0 Å². The molecule has 1 aliphatic rings. The Hall–Kier alpha value is -0.610. The van der Waals surface area contributed by atoms with Gasteiger partial charge in [-0.15, -0.1) is 11.3 Å². The van der Waals surface area contributed by atoms with Crippen LogP contribution in [0.1, 0.15) is 0 Å². The molecule has 66 valence electrons. The van der Waals surface area contributed by atoms with Crippen LogP contribution >= 0.6 is 11.3 Å². The lowest BCUT2D eigenvalue weighted by Gasteiger charge is -2.31. The van der Waals surface area contributed by atoms with Gasteiger partial charge in [0.05, 0.1) is 0 Å². The first kappa shape index (κ1) is 8.01. The second-order valence-electron chi connectivity index (χ2n) is 3.11. The Labute approximate surface area is 76.6 Å². The third-order valence-corrected chi connectivity index (χ3v) is 3.03. The molecule has 0 N–H and O–H groups in total. The summed E-state index contributed by atoms with van der Waals surface area (Å²) in [5.41, 5.74) is 0. The van der Waals surface area contributed by atoms with Crippen LogP contribution in [0.4, 0.5) is 5.13 Å². The van der Waals surface area contributed by atoms with Crippen LogP contribution in [0.3, 0.4) is 0 Å². The van der Waals surface area contributed by atoms with E-state index in [0.29, 0.717) is 0 Å². The van der Waals surface area contributed by atoms with Crippen molar-refractivity contribution in [3.63, 3.8) is 0 Å². The average molecular weight is 183 g/mol. The van der Waals surface area contributed by atoms with Gasteiger partial charge in [0.1, 0.15) is 0 Å². The molecule has 0 radical (unpaired) electrons. The van der Waals surface area contributed by atoms with Crippen molar-refractivity contribution in [3.05, 3.63) is 11.6 Å². The molecule has 12 heavy (non-hydrogen) atoms. The predicted molar refractivity (Wildman–Crippen MR) is 51.8 cm³/mol. The second-order valence-corrected chi connectivity index (χ2v) is 3.98. The van der Waals surface area contributed by atoms with Crippen LogP contribution in [0.25, 0.3) is 0 Å². The molecule has 2 heterocycles. The molecule has 1 aromatic heterocycles. The minimum Gasteiger partial charge on any atom is -0.346 e. The molecule has 1 saturated heterocycles. The lowest BCUT2D eigenvalue weighted by Crippen LogP contribution is -2.44. The Balaban J connectivity index is 1.99. The Bertz CT molecular complexity index is 226. The quantitative estimate of drug-likeness (QED) is 0.644. The minimum atomic E-state index is 1.12. The maximum Gasteiger partial charge on any atom is 0.185 e. The molecule has 4 heteroatoms. The third kappa shape index (κ3) is 1.59. The van der Waals surface area contributed by atoms with Gasteiger partial charge in [-0.05, 0) is 7.05 Å². The molecule has 0 saturated carbocycles. The van der Waals surface area contributed by atoms with Gasteiger partial charge in [-0.1, -0.05) is 0 Å². The molecule has 0 bridgehead atoms. The zero-order valence-electron chi connectivity index (χ0n) is 7.23. The Morgan fingerprint density at radius 1 is 1.33 bits per heavy atom. The smallest absolute Gasteiger partial charge is 0.185 e. The number of thiazole rings is 1. The summed E-state index contributed by atoms with van der Waals surface area (Å²) < 4.78 is 0. The molecule has 0 aromatic carbocycles. The van der Waals surface area contributed by atoms with Crippen molar-refractivity contribution in [1.29, 1.82) is 0 Å². The van der Waals surface area contributed by atoms with Crippen LogP contribution < -0.4 is 4.90 Å². The molecule has 0 unspecified atom stereocenters. The molecule has 1 aliphatic heterocycles. The molecular formula is C8H13N3S. The number of nitrogens with zero attached hydrogens (tertiary/aromatic N) is 3. The van der Waals surface area contributed by atoms with Gasteiger partial charge in [-0.2, -0.15) is 0 Å². The van der Waals surface area contributed by atoms with Crippen molar-refractivity contribution in [1.82, 2.24) is 9.88 Å². The predicted octanol–water partition coefficient (Wildman–Crippen LogP) is 0.895. The molecule has 1 aromatic rings. The number of likely N-dealkylation sites (N-methyl/N-ethyl adjacent to an activating group) is 1. The summed E-state index contributed by atoms with van der Waals surface area (Å²) in [6, 6.07) is 0. The van der Waals surface area contributed by atoms with Crippen LogP contribution in [0.5, 0.6) is 0 Å². The fraction of sp³-hybridized carbons (Fsp3) is 0.625. The molecule has 0 amide bonds. The van der Waals surface area contributed by atoms with Gasteiger partial charge in [0, 0.05) is 37.8 Å². The van der Waals surface area contributed by atoms with Gasteiger partial charge in [-0.3, -0.25) is 0 Å². The molecule has 0 atom stereocenters. The van der Waals surface area contributed by atoms with Crippen molar-refractivity contribution in [3.8, 4) is 0 Å². The summed E-state index contributed by atoms with van der Waals surface area (Å²) in [4.78, 5) is 8.99. The number of aromatic nitrogens is 1. The van der Waals surface area contributed by atoms with Gasteiger partial charge in [0.2, 0.25) is 0 Å². The SMILES string of the molecule is CN1CCN(c2nccs2)CC1. The summed E-state index contributed by atoms with van der Waals surface area (Å²) in [6.45, 7) is 4.53. The van der Waals surface area contributed by atoms with Gasteiger partial charge < -0.3 is 9.80 Å². The maximum absolute atomic E-state index is 4.29. The van der Waals surface area contributed by atoms with E-state index in [9.17, 15) is 0 Å². The number of piperazine rings is 1. The molecule has 0 spiro atoms. The summed E-state index contributed by atoms with van der Waals surface area (Å²) in [6.07, 6.45) is 1.87. The minimum absolute atomic E-state index is 1.12. The topological polar surface area (TPSA) is 19.4 Å². The highest BCUT2D eigenvalue weighted by molar-refractivity contribution is 7.13. The number of hydrogen-bond donors (Lipinski definition) is 0. The van der Waals surface area contributed by atoms with Crippen LogP contribution in [-0.4, -0.2) is 43.1 Å². The standard InChI is InChI=1S/C8H13N3S/c1-10-3-5-11(6-4-10)8-9-2-7-12-8/h2,7H,3-6H2,1H3. The zero-order valence-corrected chi connectivity index (χ0v) is 8.05. The fourth-order valence-corrected chi connectivity index (χ4v) is 2.07. The lowest BCUT2D eigenvalue weighted by molar-refractivity contribution is 0.313. The van der Waals surface area contributed by atoms with Gasteiger partial charge in [0.15, 0.2) is 5.13 Å². The van der Waals surface area contributed by atoms with Gasteiger partial charge in [-0.25, -0.2) is 4.98 Å². The van der Waals surface area contributed by atoms with E-state index in [1.807, 2.05) is 11.6 Å². The van der Waals surface area contributed by atoms with Crippen molar-refractivity contribution in [2.75, 3.05) is 38.1 Å². The third-order valence-electron chi connectivity index (χ3n) is 2.19. The van der Waals surface area contributed by atoms with Gasteiger partial charge >= 0.3 is 0 Å². The molecule has 2 rings (SSSR count). The van der Waals surface area contributed by atoms with Crippen LogP contribution in [0.2, 0.25) is 0 Å². The van der Waals surface area contributed by atoms with E-state index in [1.54, 1.807) is 11.3 Å². The first-order chi connectivity index (χ1) is 5.86. The maximum atomic E-state index is 4.29. The monoisotopic (exact) mass is 183 g/mol. The molecule has 3 nitrogen and oxygen atoms in total. The van der Waals surface area contributed by atoms with Crippen LogP contribution in [0.15, 0.2) is 11.6 Å². The van der Waals surface area contributed by atoms with E-state index in [1.165, 1.54) is 5.13 Å². The van der Waals surface area contributed by atoms with E-state index >= 15 is 0 Å². The van der Waals surface area contributed by atoms with Crippen molar-refractivity contribution >= 4 is 16.5 Å². The summed E-state index contributed by atoms with van der Waals surface area (Å²) >= 11 is 1.73. The Kier molecular flexibility index (Phi) is 2.28. The van der Waals surface area contributed by atoms with Crippen molar-refractivity contribution in [2.45, 2.75) is 0 Å². The van der Waals surface area contributed by atoms with E-state index in [2.05, 4.69) is 21.8 Å². The summed E-state index contributed by atoms with van der Waals surface area (Å²) in [5, 5.41) is 3.20. The average Bonchev–Trinajstić information content (AvgIpc) is 2.58. The number of rotatable bonds is 1. The highest BCUT2D eigenvalue weighted by Crippen LogP contribution is 2.18. The summed E-state index contributed by atoms with van der Waals surface area (Å²) in [5.74, 6) is 0. The highest BCUT2D eigenvalue weighted by atomic mass is 32.1. The zero-order chi connectivity index (χ0) is 8.39.